The van der Waals surface area contributed by atoms with Gasteiger partial charge < -0.3 is 10.6 Å². The average Bonchev–Trinajstić information content (AvgIpc) is 2.02. The molecule has 88 valence electrons. The van der Waals surface area contributed by atoms with Crippen molar-refractivity contribution in [2.75, 3.05) is 13.2 Å². The van der Waals surface area contributed by atoms with Crippen molar-refractivity contribution >= 4 is 11.8 Å². The minimum atomic E-state index is -4.81. The van der Waals surface area contributed by atoms with E-state index >= 15 is 0 Å². The third kappa shape index (κ3) is 4.49. The molecule has 0 saturated heterocycles. The number of nitrogens with zero attached hydrogens (tertiary/aromatic N) is 2. The zero-order chi connectivity index (χ0) is 12.1. The lowest BCUT2D eigenvalue weighted by atomic mass is 10.5. The Morgan fingerprint density at radius 3 is 2.40 bits per heavy atom. The van der Waals surface area contributed by atoms with E-state index in [-0.39, 0.29) is 11.6 Å². The molecule has 6 nitrogen and oxygen atoms in total. The number of alkyl halides is 3. The summed E-state index contributed by atoms with van der Waals surface area (Å²) in [7, 11) is 0. The SMILES string of the molecule is CCOC(=O)CN(N)/C(=N\N)C(F)(F)F. The fourth-order valence-electron chi connectivity index (χ4n) is 0.731. The molecule has 0 heterocycles. The molecular weight excluding hydrogens is 217 g/mol. The second-order valence-electron chi connectivity index (χ2n) is 2.38. The molecule has 0 rings (SSSR count). The van der Waals surface area contributed by atoms with E-state index in [1.165, 1.54) is 6.92 Å². The summed E-state index contributed by atoms with van der Waals surface area (Å²) >= 11 is 0. The number of halogens is 3. The van der Waals surface area contributed by atoms with Gasteiger partial charge in [-0.05, 0) is 6.92 Å². The summed E-state index contributed by atoms with van der Waals surface area (Å²) in [4.78, 5) is 10.8. The lowest BCUT2D eigenvalue weighted by molar-refractivity contribution is -0.144. The molecule has 0 bridgehead atoms. The van der Waals surface area contributed by atoms with E-state index in [1.807, 2.05) is 0 Å². The van der Waals surface area contributed by atoms with E-state index in [0.29, 0.717) is 0 Å². The minimum Gasteiger partial charge on any atom is -0.465 e. The standard InChI is InChI=1S/C6H11F3N4O2/c1-2-15-4(14)3-13(11)5(12-10)6(7,8)9/h2-3,10-11H2,1H3/b12-5-. The smallest absolute Gasteiger partial charge is 0.452 e. The maximum absolute atomic E-state index is 12.1. The summed E-state index contributed by atoms with van der Waals surface area (Å²) in [6.07, 6.45) is -4.81. The van der Waals surface area contributed by atoms with Crippen molar-refractivity contribution in [3.8, 4) is 0 Å². The van der Waals surface area contributed by atoms with E-state index in [0.717, 1.165) is 0 Å². The van der Waals surface area contributed by atoms with E-state index in [2.05, 4.69) is 15.7 Å². The molecule has 0 radical (unpaired) electrons. The summed E-state index contributed by atoms with van der Waals surface area (Å²) in [5.74, 6) is 7.01. The van der Waals surface area contributed by atoms with Crippen molar-refractivity contribution < 1.29 is 22.7 Å². The zero-order valence-corrected chi connectivity index (χ0v) is 7.91. The molecule has 0 fully saturated rings. The van der Waals surface area contributed by atoms with Crippen LogP contribution < -0.4 is 11.7 Å². The van der Waals surface area contributed by atoms with E-state index in [4.69, 9.17) is 5.84 Å². The van der Waals surface area contributed by atoms with Crippen molar-refractivity contribution in [2.24, 2.45) is 16.8 Å². The first-order valence-corrected chi connectivity index (χ1v) is 3.85. The van der Waals surface area contributed by atoms with Crippen molar-refractivity contribution in [2.45, 2.75) is 13.1 Å². The lowest BCUT2D eigenvalue weighted by Crippen LogP contribution is -2.49. The van der Waals surface area contributed by atoms with Crippen LogP contribution in [0.3, 0.4) is 0 Å². The third-order valence-electron chi connectivity index (χ3n) is 1.25. The first-order valence-electron chi connectivity index (χ1n) is 3.85. The number of hydrazone groups is 1. The van der Waals surface area contributed by atoms with Gasteiger partial charge in [-0.2, -0.15) is 18.3 Å². The first-order chi connectivity index (χ1) is 6.82. The number of hydrogen-bond donors (Lipinski definition) is 2. The topological polar surface area (TPSA) is 93.9 Å². The molecular formula is C6H11F3N4O2. The third-order valence-corrected chi connectivity index (χ3v) is 1.25. The number of esters is 1. The van der Waals surface area contributed by atoms with Crippen LogP contribution in [0, 0.1) is 0 Å². The molecule has 0 aliphatic rings. The van der Waals surface area contributed by atoms with Crippen molar-refractivity contribution in [3.05, 3.63) is 0 Å². The van der Waals surface area contributed by atoms with E-state index in [9.17, 15) is 18.0 Å². The Bertz CT molecular complexity index is 253. The molecule has 0 aromatic carbocycles. The van der Waals surface area contributed by atoms with Crippen LogP contribution in [0.25, 0.3) is 0 Å². The summed E-state index contributed by atoms with van der Waals surface area (Å²) in [6.45, 7) is 0.789. The highest BCUT2D eigenvalue weighted by Crippen LogP contribution is 2.17. The second-order valence-corrected chi connectivity index (χ2v) is 2.38. The monoisotopic (exact) mass is 228 g/mol. The average molecular weight is 228 g/mol. The highest BCUT2D eigenvalue weighted by molar-refractivity contribution is 5.89. The van der Waals surface area contributed by atoms with Gasteiger partial charge in [-0.1, -0.05) is 0 Å². The maximum atomic E-state index is 12.1. The number of ether oxygens (including phenoxy) is 1. The summed E-state index contributed by atoms with van der Waals surface area (Å²) in [5.41, 5.74) is 0. The predicted molar refractivity (Wildman–Crippen MR) is 45.2 cm³/mol. The Kier molecular flexibility index (Phi) is 4.85. The van der Waals surface area contributed by atoms with Crippen LogP contribution >= 0.6 is 0 Å². The number of carbonyl (C=O) groups excluding carboxylic acids is 1. The van der Waals surface area contributed by atoms with Gasteiger partial charge in [0.2, 0.25) is 5.84 Å². The molecule has 0 aromatic rings. The van der Waals surface area contributed by atoms with Crippen LogP contribution in [0.15, 0.2) is 5.10 Å². The summed E-state index contributed by atoms with van der Waals surface area (Å²) < 4.78 is 40.8. The van der Waals surface area contributed by atoms with Gasteiger partial charge >= 0.3 is 12.1 Å². The number of hydrogen-bond acceptors (Lipinski definition) is 5. The molecule has 0 atom stereocenters. The summed E-state index contributed by atoms with van der Waals surface area (Å²) in [5, 5.41) is 2.54. The Morgan fingerprint density at radius 2 is 2.07 bits per heavy atom. The number of carbonyl (C=O) groups is 1. The van der Waals surface area contributed by atoms with Crippen LogP contribution in [-0.2, 0) is 9.53 Å². The van der Waals surface area contributed by atoms with Crippen LogP contribution in [0.1, 0.15) is 6.92 Å². The van der Waals surface area contributed by atoms with E-state index in [1.54, 1.807) is 0 Å². The fourth-order valence-corrected chi connectivity index (χ4v) is 0.731. The fraction of sp³-hybridized carbons (Fsp3) is 0.667. The van der Waals surface area contributed by atoms with Gasteiger partial charge in [-0.15, -0.1) is 0 Å². The van der Waals surface area contributed by atoms with Gasteiger partial charge in [0.05, 0.1) is 6.61 Å². The molecule has 0 aliphatic carbocycles. The van der Waals surface area contributed by atoms with Gasteiger partial charge in [0.1, 0.15) is 6.54 Å². The number of nitrogens with two attached hydrogens (primary N) is 2. The maximum Gasteiger partial charge on any atom is 0.452 e. The molecule has 4 N–H and O–H groups in total. The van der Waals surface area contributed by atoms with Crippen LogP contribution in [0.4, 0.5) is 13.2 Å². The number of amidine groups is 1. The van der Waals surface area contributed by atoms with Crippen LogP contribution in [-0.4, -0.2) is 36.1 Å². The van der Waals surface area contributed by atoms with Crippen molar-refractivity contribution in [3.63, 3.8) is 0 Å². The van der Waals surface area contributed by atoms with Crippen molar-refractivity contribution in [1.82, 2.24) is 5.01 Å². The highest BCUT2D eigenvalue weighted by Gasteiger charge is 2.40. The molecule has 0 amide bonds. The number of hydrazine groups is 1. The predicted octanol–water partition coefficient (Wildman–Crippen LogP) is -0.440. The van der Waals surface area contributed by atoms with E-state index < -0.39 is 24.5 Å². The highest BCUT2D eigenvalue weighted by atomic mass is 19.4. The summed E-state index contributed by atoms with van der Waals surface area (Å²) in [6, 6.07) is 0. The van der Waals surface area contributed by atoms with Gasteiger partial charge in [-0.25, -0.2) is 5.84 Å². The molecule has 0 saturated carbocycles. The molecule has 0 aliphatic heterocycles. The minimum absolute atomic E-state index is 0.0494. The number of rotatable bonds is 3. The zero-order valence-electron chi connectivity index (χ0n) is 7.91. The molecule has 15 heavy (non-hydrogen) atoms. The Labute approximate surface area is 83.6 Å². The van der Waals surface area contributed by atoms with Crippen molar-refractivity contribution in [1.29, 1.82) is 0 Å². The van der Waals surface area contributed by atoms with Gasteiger partial charge in [0, 0.05) is 0 Å². The Morgan fingerprint density at radius 1 is 1.53 bits per heavy atom. The van der Waals surface area contributed by atoms with Crippen LogP contribution in [0.5, 0.6) is 0 Å². The van der Waals surface area contributed by atoms with Gasteiger partial charge in [0.15, 0.2) is 0 Å². The van der Waals surface area contributed by atoms with Gasteiger partial charge in [0.25, 0.3) is 0 Å². The quantitative estimate of drug-likeness (QED) is 0.224. The van der Waals surface area contributed by atoms with Gasteiger partial charge in [-0.3, -0.25) is 9.80 Å². The molecule has 0 aromatic heterocycles. The normalized spacial score (nSPS) is 12.5. The lowest BCUT2D eigenvalue weighted by Gasteiger charge is -2.20. The molecule has 0 unspecified atom stereocenters. The molecule has 9 heteroatoms. The molecule has 0 spiro atoms. The largest absolute Gasteiger partial charge is 0.465 e. The second kappa shape index (κ2) is 5.39. The Hall–Kier alpha value is -1.51. The van der Waals surface area contributed by atoms with Crippen LogP contribution in [0.2, 0.25) is 0 Å². The first kappa shape index (κ1) is 13.5. The Balaban J connectivity index is 4.43.